The number of carbonyl (C=O) groups excluding carboxylic acids is 1. The monoisotopic (exact) mass is 207 g/mol. The molecule has 4 nitrogen and oxygen atoms in total. The van der Waals surface area contributed by atoms with Gasteiger partial charge in [0.2, 0.25) is 5.91 Å². The Morgan fingerprint density at radius 1 is 1.47 bits per heavy atom. The van der Waals surface area contributed by atoms with E-state index in [9.17, 15) is 4.79 Å². The molecule has 0 bridgehead atoms. The van der Waals surface area contributed by atoms with Gasteiger partial charge in [-0.25, -0.2) is 4.98 Å². The molecule has 1 amide bonds. The number of hydrogen-bond acceptors (Lipinski definition) is 2. The van der Waals surface area contributed by atoms with Gasteiger partial charge in [-0.3, -0.25) is 4.79 Å². The van der Waals surface area contributed by atoms with Crippen LogP contribution in [-0.4, -0.2) is 15.5 Å². The zero-order valence-electron chi connectivity index (χ0n) is 8.85. The first-order valence-corrected chi connectivity index (χ1v) is 5.56. The number of hydrogen-bond donors (Lipinski definition) is 1. The lowest BCUT2D eigenvalue weighted by atomic mass is 9.88. The summed E-state index contributed by atoms with van der Waals surface area (Å²) in [5.41, 5.74) is 5.19. The van der Waals surface area contributed by atoms with Crippen molar-refractivity contribution in [2.24, 2.45) is 5.73 Å². The summed E-state index contributed by atoms with van der Waals surface area (Å²) < 4.78 is 1.89. The Morgan fingerprint density at radius 2 is 2.20 bits per heavy atom. The number of amides is 1. The van der Waals surface area contributed by atoms with Crippen molar-refractivity contribution in [3.05, 3.63) is 18.2 Å². The highest BCUT2D eigenvalue weighted by Crippen LogP contribution is 2.31. The van der Waals surface area contributed by atoms with Crippen molar-refractivity contribution in [1.29, 1.82) is 0 Å². The van der Waals surface area contributed by atoms with Crippen molar-refractivity contribution >= 4 is 5.91 Å². The molecule has 2 rings (SSSR count). The largest absolute Gasteiger partial charge is 0.368 e. The SMILES string of the molecule is NC(=O)Cn1ccnc1C1CCCCC1. The minimum absolute atomic E-state index is 0.256. The van der Waals surface area contributed by atoms with Gasteiger partial charge in [0.15, 0.2) is 0 Å². The van der Waals surface area contributed by atoms with Crippen LogP contribution in [0.2, 0.25) is 0 Å². The zero-order valence-corrected chi connectivity index (χ0v) is 8.85. The van der Waals surface area contributed by atoms with Gasteiger partial charge in [-0.1, -0.05) is 19.3 Å². The minimum atomic E-state index is -0.301. The van der Waals surface area contributed by atoms with Crippen molar-refractivity contribution < 1.29 is 4.79 Å². The second kappa shape index (κ2) is 4.47. The van der Waals surface area contributed by atoms with E-state index in [1.165, 1.54) is 32.1 Å². The Kier molecular flexibility index (Phi) is 3.04. The van der Waals surface area contributed by atoms with Gasteiger partial charge in [-0.05, 0) is 12.8 Å². The molecule has 1 aliphatic carbocycles. The molecular formula is C11H17N3O. The lowest BCUT2D eigenvalue weighted by molar-refractivity contribution is -0.118. The Bertz CT molecular complexity index is 339. The van der Waals surface area contributed by atoms with Gasteiger partial charge in [-0.2, -0.15) is 0 Å². The Hall–Kier alpha value is -1.32. The third-order valence-corrected chi connectivity index (χ3v) is 3.04. The van der Waals surface area contributed by atoms with E-state index in [2.05, 4.69) is 4.98 Å². The fraction of sp³-hybridized carbons (Fsp3) is 0.636. The van der Waals surface area contributed by atoms with Crippen LogP contribution in [0.4, 0.5) is 0 Å². The molecule has 1 saturated carbocycles. The zero-order chi connectivity index (χ0) is 10.7. The van der Waals surface area contributed by atoms with E-state index < -0.39 is 0 Å². The maximum absolute atomic E-state index is 10.9. The van der Waals surface area contributed by atoms with E-state index in [0.717, 1.165) is 5.82 Å². The van der Waals surface area contributed by atoms with Crippen LogP contribution in [0.5, 0.6) is 0 Å². The molecule has 0 atom stereocenters. The molecule has 0 saturated heterocycles. The van der Waals surface area contributed by atoms with E-state index in [4.69, 9.17) is 5.73 Å². The third kappa shape index (κ3) is 2.37. The summed E-state index contributed by atoms with van der Waals surface area (Å²) in [4.78, 5) is 15.2. The Balaban J connectivity index is 2.12. The molecule has 82 valence electrons. The average Bonchev–Trinajstić information content (AvgIpc) is 2.66. The Morgan fingerprint density at radius 3 is 2.87 bits per heavy atom. The van der Waals surface area contributed by atoms with Crippen LogP contribution in [0.1, 0.15) is 43.8 Å². The summed E-state index contributed by atoms with van der Waals surface area (Å²) in [6, 6.07) is 0. The number of imidazole rings is 1. The molecule has 15 heavy (non-hydrogen) atoms. The quantitative estimate of drug-likeness (QED) is 0.814. The average molecular weight is 207 g/mol. The summed E-state index contributed by atoms with van der Waals surface area (Å²) in [5, 5.41) is 0. The van der Waals surface area contributed by atoms with E-state index in [1.54, 1.807) is 6.20 Å². The van der Waals surface area contributed by atoms with Crippen molar-refractivity contribution in [2.75, 3.05) is 0 Å². The van der Waals surface area contributed by atoms with Crippen LogP contribution >= 0.6 is 0 Å². The van der Waals surface area contributed by atoms with E-state index in [-0.39, 0.29) is 12.5 Å². The van der Waals surface area contributed by atoms with Crippen molar-refractivity contribution in [3.8, 4) is 0 Å². The number of primary amides is 1. The summed E-state index contributed by atoms with van der Waals surface area (Å²) in [7, 11) is 0. The summed E-state index contributed by atoms with van der Waals surface area (Å²) in [6.07, 6.45) is 9.85. The molecule has 1 aromatic heterocycles. The molecule has 4 heteroatoms. The second-order valence-corrected chi connectivity index (χ2v) is 4.21. The van der Waals surface area contributed by atoms with E-state index >= 15 is 0 Å². The third-order valence-electron chi connectivity index (χ3n) is 3.04. The lowest BCUT2D eigenvalue weighted by Gasteiger charge is -2.21. The van der Waals surface area contributed by atoms with Gasteiger partial charge in [-0.15, -0.1) is 0 Å². The van der Waals surface area contributed by atoms with E-state index in [0.29, 0.717) is 5.92 Å². The maximum Gasteiger partial charge on any atom is 0.237 e. The van der Waals surface area contributed by atoms with Gasteiger partial charge in [0, 0.05) is 18.3 Å². The predicted octanol–water partition coefficient (Wildman–Crippen LogP) is 1.42. The fourth-order valence-electron chi connectivity index (χ4n) is 2.34. The molecule has 0 radical (unpaired) electrons. The van der Waals surface area contributed by atoms with Crippen molar-refractivity contribution in [2.45, 2.75) is 44.6 Å². The van der Waals surface area contributed by atoms with Crippen LogP contribution in [0, 0.1) is 0 Å². The molecule has 1 heterocycles. The van der Waals surface area contributed by atoms with Crippen LogP contribution in [0.25, 0.3) is 0 Å². The minimum Gasteiger partial charge on any atom is -0.368 e. The number of nitrogens with two attached hydrogens (primary N) is 1. The first-order chi connectivity index (χ1) is 7.27. The number of nitrogens with zero attached hydrogens (tertiary/aromatic N) is 2. The molecule has 0 aromatic carbocycles. The molecule has 1 fully saturated rings. The molecule has 2 N–H and O–H groups in total. The first kappa shape index (κ1) is 10.2. The summed E-state index contributed by atoms with van der Waals surface area (Å²) in [5.74, 6) is 1.26. The topological polar surface area (TPSA) is 60.9 Å². The molecule has 1 aliphatic rings. The second-order valence-electron chi connectivity index (χ2n) is 4.21. The predicted molar refractivity (Wildman–Crippen MR) is 57.2 cm³/mol. The lowest BCUT2D eigenvalue weighted by Crippen LogP contribution is -2.21. The van der Waals surface area contributed by atoms with Gasteiger partial charge < -0.3 is 10.3 Å². The standard InChI is InChI=1S/C11H17N3O/c12-10(15)8-14-7-6-13-11(14)9-4-2-1-3-5-9/h6-7,9H,1-5,8H2,(H2,12,15). The van der Waals surface area contributed by atoms with Gasteiger partial charge in [0.25, 0.3) is 0 Å². The number of carbonyl (C=O) groups is 1. The summed E-state index contributed by atoms with van der Waals surface area (Å²) >= 11 is 0. The van der Waals surface area contributed by atoms with E-state index in [1.807, 2.05) is 10.8 Å². The highest BCUT2D eigenvalue weighted by Gasteiger charge is 2.20. The van der Waals surface area contributed by atoms with Gasteiger partial charge in [0.05, 0.1) is 0 Å². The highest BCUT2D eigenvalue weighted by atomic mass is 16.1. The fourth-order valence-corrected chi connectivity index (χ4v) is 2.34. The van der Waals surface area contributed by atoms with Crippen molar-refractivity contribution in [3.63, 3.8) is 0 Å². The van der Waals surface area contributed by atoms with Crippen molar-refractivity contribution in [1.82, 2.24) is 9.55 Å². The van der Waals surface area contributed by atoms with Gasteiger partial charge >= 0.3 is 0 Å². The van der Waals surface area contributed by atoms with Crippen LogP contribution in [0.3, 0.4) is 0 Å². The van der Waals surface area contributed by atoms with Crippen LogP contribution in [-0.2, 0) is 11.3 Å². The molecule has 1 aromatic rings. The first-order valence-electron chi connectivity index (χ1n) is 5.56. The highest BCUT2D eigenvalue weighted by molar-refractivity contribution is 5.73. The molecule has 0 spiro atoms. The molecule has 0 unspecified atom stereocenters. The maximum atomic E-state index is 10.9. The van der Waals surface area contributed by atoms with Gasteiger partial charge in [0.1, 0.15) is 12.4 Å². The Labute approximate surface area is 89.5 Å². The smallest absolute Gasteiger partial charge is 0.237 e. The molecular weight excluding hydrogens is 190 g/mol. The number of aromatic nitrogens is 2. The summed E-state index contributed by atoms with van der Waals surface area (Å²) in [6.45, 7) is 0.256. The normalized spacial score (nSPS) is 17.9. The number of rotatable bonds is 3. The van der Waals surface area contributed by atoms with Crippen LogP contribution in [0.15, 0.2) is 12.4 Å². The van der Waals surface area contributed by atoms with Crippen LogP contribution < -0.4 is 5.73 Å². The molecule has 0 aliphatic heterocycles.